The molecule has 0 spiro atoms. The number of aryl methyl sites for hydroxylation is 2. The molecule has 0 saturated heterocycles. The van der Waals surface area contributed by atoms with E-state index in [0.717, 1.165) is 40.0 Å². The Bertz CT molecular complexity index is 954. The Hall–Kier alpha value is -2.77. The number of benzene rings is 2. The van der Waals surface area contributed by atoms with E-state index in [-0.39, 0.29) is 6.10 Å². The molecule has 0 fully saturated rings. The van der Waals surface area contributed by atoms with Crippen molar-refractivity contribution in [3.63, 3.8) is 0 Å². The van der Waals surface area contributed by atoms with Crippen LogP contribution in [-0.2, 0) is 4.74 Å². The summed E-state index contributed by atoms with van der Waals surface area (Å²) in [6.07, 6.45) is 2.01. The van der Waals surface area contributed by atoms with Gasteiger partial charge in [-0.25, -0.2) is 4.98 Å². The molecule has 1 unspecified atom stereocenters. The first kappa shape index (κ1) is 24.5. The molecule has 7 heteroatoms. The molecule has 2 aromatic carbocycles. The van der Waals surface area contributed by atoms with Crippen molar-refractivity contribution >= 4 is 17.3 Å². The number of nitrogens with one attached hydrogen (secondary N) is 1. The monoisotopic (exact) mass is 441 g/mol. The van der Waals surface area contributed by atoms with Crippen molar-refractivity contribution in [2.24, 2.45) is 0 Å². The molecule has 0 aliphatic heterocycles. The average Bonchev–Trinajstić information content (AvgIpc) is 3.11. The van der Waals surface area contributed by atoms with E-state index >= 15 is 0 Å². The molecule has 0 amide bonds. The summed E-state index contributed by atoms with van der Waals surface area (Å²) in [6, 6.07) is 13.8. The van der Waals surface area contributed by atoms with Crippen LogP contribution in [0.3, 0.4) is 0 Å². The number of nitrogens with zero attached hydrogens (tertiary/aromatic N) is 2. The van der Waals surface area contributed by atoms with Gasteiger partial charge in [0.1, 0.15) is 35.0 Å². The van der Waals surface area contributed by atoms with Crippen LogP contribution in [0.15, 0.2) is 53.9 Å². The maximum atomic E-state index is 5.99. The molecule has 1 atom stereocenters. The highest BCUT2D eigenvalue weighted by molar-refractivity contribution is 7.98. The maximum Gasteiger partial charge on any atom is 0.147 e. The molecule has 0 aliphatic rings. The number of H-pyrrole nitrogens is 1. The molecule has 1 heterocycles. The fraction of sp³-hybridized carbons (Fsp3) is 0.333. The van der Waals surface area contributed by atoms with Crippen LogP contribution in [0.25, 0.3) is 5.57 Å². The number of hydrogen-bond acceptors (Lipinski definition) is 6. The third-order valence-corrected chi connectivity index (χ3v) is 4.86. The van der Waals surface area contributed by atoms with Gasteiger partial charge in [0.15, 0.2) is 0 Å². The Kier molecular flexibility index (Phi) is 9.62. The minimum atomic E-state index is -0.0379. The van der Waals surface area contributed by atoms with Crippen LogP contribution in [0, 0.1) is 13.8 Å². The van der Waals surface area contributed by atoms with E-state index in [2.05, 4.69) is 28.0 Å². The first-order chi connectivity index (χ1) is 14.8. The molecular weight excluding hydrogens is 410 g/mol. The standard InChI is InChI=1S/C20H24O3S.C4H7N3/c1-14(2)16-10-18(22-15(3)13-21-4)12-19(11-16)23-17-6-8-20(24-5)9-7-17;1-3-5-4(2)7-6-3/h6-12,15H,1,13H2,2-5H3;1-2H3,(H,5,6,7). The van der Waals surface area contributed by atoms with Gasteiger partial charge in [0, 0.05) is 18.1 Å². The maximum absolute atomic E-state index is 5.99. The summed E-state index contributed by atoms with van der Waals surface area (Å²) in [7, 11) is 1.66. The fourth-order valence-corrected chi connectivity index (χ4v) is 3.09. The first-order valence-electron chi connectivity index (χ1n) is 9.94. The van der Waals surface area contributed by atoms with E-state index in [1.54, 1.807) is 18.9 Å². The quantitative estimate of drug-likeness (QED) is 0.428. The van der Waals surface area contributed by atoms with E-state index < -0.39 is 0 Å². The van der Waals surface area contributed by atoms with Gasteiger partial charge in [0.25, 0.3) is 0 Å². The van der Waals surface area contributed by atoms with Crippen molar-refractivity contribution < 1.29 is 14.2 Å². The van der Waals surface area contributed by atoms with E-state index in [0.29, 0.717) is 6.61 Å². The third kappa shape index (κ3) is 8.47. The Morgan fingerprint density at radius 1 is 1.10 bits per heavy atom. The number of thioether (sulfide) groups is 1. The van der Waals surface area contributed by atoms with Gasteiger partial charge >= 0.3 is 0 Å². The van der Waals surface area contributed by atoms with Gasteiger partial charge in [-0.15, -0.1) is 11.8 Å². The molecule has 166 valence electrons. The number of hydrogen-bond donors (Lipinski definition) is 1. The highest BCUT2D eigenvalue weighted by atomic mass is 32.2. The Balaban J connectivity index is 0.000000412. The second kappa shape index (κ2) is 12.2. The van der Waals surface area contributed by atoms with Gasteiger partial charge in [0.2, 0.25) is 0 Å². The lowest BCUT2D eigenvalue weighted by atomic mass is 10.1. The Morgan fingerprint density at radius 2 is 1.77 bits per heavy atom. The predicted molar refractivity (Wildman–Crippen MR) is 127 cm³/mol. The van der Waals surface area contributed by atoms with Gasteiger partial charge in [-0.2, -0.15) is 5.10 Å². The van der Waals surface area contributed by atoms with Crippen LogP contribution in [0.4, 0.5) is 0 Å². The van der Waals surface area contributed by atoms with E-state index in [1.165, 1.54) is 4.90 Å². The summed E-state index contributed by atoms with van der Waals surface area (Å²) in [5.41, 5.74) is 1.95. The molecule has 0 radical (unpaired) electrons. The van der Waals surface area contributed by atoms with Gasteiger partial charge < -0.3 is 14.2 Å². The fourth-order valence-electron chi connectivity index (χ4n) is 2.68. The summed E-state index contributed by atoms with van der Waals surface area (Å²) >= 11 is 1.71. The van der Waals surface area contributed by atoms with Gasteiger partial charge in [-0.3, -0.25) is 5.10 Å². The number of ether oxygens (including phenoxy) is 3. The van der Waals surface area contributed by atoms with Crippen molar-refractivity contribution in [3.05, 3.63) is 66.3 Å². The van der Waals surface area contributed by atoms with Crippen molar-refractivity contribution in [1.82, 2.24) is 15.2 Å². The summed E-state index contributed by atoms with van der Waals surface area (Å²) in [5, 5.41) is 6.49. The first-order valence-corrected chi connectivity index (χ1v) is 11.2. The highest BCUT2D eigenvalue weighted by Gasteiger charge is 2.09. The topological polar surface area (TPSA) is 69.3 Å². The zero-order valence-corrected chi connectivity index (χ0v) is 19.9. The minimum Gasteiger partial charge on any atom is -0.488 e. The smallest absolute Gasteiger partial charge is 0.147 e. The molecule has 0 bridgehead atoms. The average molecular weight is 442 g/mol. The lowest BCUT2D eigenvalue weighted by Crippen LogP contribution is -2.18. The van der Waals surface area contributed by atoms with Crippen LogP contribution >= 0.6 is 11.8 Å². The van der Waals surface area contributed by atoms with Crippen molar-refractivity contribution in [2.75, 3.05) is 20.0 Å². The lowest BCUT2D eigenvalue weighted by molar-refractivity contribution is 0.0919. The molecule has 3 aromatic rings. The van der Waals surface area contributed by atoms with Crippen molar-refractivity contribution in [1.29, 1.82) is 0 Å². The Morgan fingerprint density at radius 3 is 2.26 bits per heavy atom. The van der Waals surface area contributed by atoms with Crippen LogP contribution in [0.2, 0.25) is 0 Å². The van der Waals surface area contributed by atoms with Gasteiger partial charge in [-0.1, -0.05) is 12.2 Å². The number of methoxy groups -OCH3 is 1. The molecular formula is C24H31N3O3S. The molecule has 3 rings (SSSR count). The van der Waals surface area contributed by atoms with E-state index in [4.69, 9.17) is 14.2 Å². The normalized spacial score (nSPS) is 11.3. The van der Waals surface area contributed by atoms with E-state index in [9.17, 15) is 0 Å². The van der Waals surface area contributed by atoms with Crippen LogP contribution in [0.1, 0.15) is 31.1 Å². The summed E-state index contributed by atoms with van der Waals surface area (Å²) < 4.78 is 17.0. The van der Waals surface area contributed by atoms with E-state index in [1.807, 2.05) is 70.2 Å². The molecule has 6 nitrogen and oxygen atoms in total. The number of aromatic nitrogens is 3. The highest BCUT2D eigenvalue weighted by Crippen LogP contribution is 2.31. The molecule has 31 heavy (non-hydrogen) atoms. The van der Waals surface area contributed by atoms with Crippen molar-refractivity contribution in [2.45, 2.75) is 38.7 Å². The molecule has 0 aliphatic carbocycles. The predicted octanol–water partition coefficient (Wildman–Crippen LogP) is 6.07. The summed E-state index contributed by atoms with van der Waals surface area (Å²) in [5.74, 6) is 3.94. The number of aromatic amines is 1. The van der Waals surface area contributed by atoms with Crippen LogP contribution in [0.5, 0.6) is 17.2 Å². The number of rotatable bonds is 8. The zero-order chi connectivity index (χ0) is 22.8. The lowest BCUT2D eigenvalue weighted by Gasteiger charge is -2.16. The molecule has 1 N–H and O–H groups in total. The minimum absolute atomic E-state index is 0.0379. The molecule has 1 aromatic heterocycles. The summed E-state index contributed by atoms with van der Waals surface area (Å²) in [6.45, 7) is 12.2. The molecule has 0 saturated carbocycles. The van der Waals surface area contributed by atoms with Gasteiger partial charge in [0.05, 0.1) is 6.61 Å². The zero-order valence-electron chi connectivity index (χ0n) is 19.1. The second-order valence-electron chi connectivity index (χ2n) is 7.10. The van der Waals surface area contributed by atoms with Gasteiger partial charge in [-0.05, 0) is 75.9 Å². The SMILES string of the molecule is C=C(C)c1cc(Oc2ccc(SC)cc2)cc(OC(C)COC)c1.Cc1n[nH]c(C)n1. The second-order valence-corrected chi connectivity index (χ2v) is 7.98. The van der Waals surface area contributed by atoms with Crippen LogP contribution < -0.4 is 9.47 Å². The number of allylic oxidation sites excluding steroid dienone is 1. The third-order valence-electron chi connectivity index (χ3n) is 4.12. The summed E-state index contributed by atoms with van der Waals surface area (Å²) in [4.78, 5) is 5.15. The van der Waals surface area contributed by atoms with Crippen molar-refractivity contribution in [3.8, 4) is 17.2 Å². The largest absolute Gasteiger partial charge is 0.488 e. The van der Waals surface area contributed by atoms with Crippen LogP contribution in [-0.4, -0.2) is 41.3 Å². The Labute approximate surface area is 189 Å².